The van der Waals surface area contributed by atoms with Crippen molar-refractivity contribution in [1.82, 2.24) is 10.2 Å². The van der Waals surface area contributed by atoms with E-state index in [2.05, 4.69) is 5.32 Å². The molecule has 4 heteroatoms. The Morgan fingerprint density at radius 1 is 1.20 bits per heavy atom. The summed E-state index contributed by atoms with van der Waals surface area (Å²) in [6.07, 6.45) is 1.75. The highest BCUT2D eigenvalue weighted by Crippen LogP contribution is 2.27. The normalized spacial score (nSPS) is 18.1. The molecule has 1 fully saturated rings. The second kappa shape index (κ2) is 2.70. The molecule has 4 nitrogen and oxygen atoms in total. The lowest BCUT2D eigenvalue weighted by Gasteiger charge is -2.21. The fourth-order valence-electron chi connectivity index (χ4n) is 1.90. The number of rotatable bonds is 0. The molecule has 0 aromatic heterocycles. The van der Waals surface area contributed by atoms with Gasteiger partial charge in [-0.25, -0.2) is 4.79 Å². The van der Waals surface area contributed by atoms with Gasteiger partial charge in [-0.2, -0.15) is 0 Å². The fraction of sp³-hybridized carbons (Fsp3) is 0.0909. The van der Waals surface area contributed by atoms with E-state index in [1.54, 1.807) is 6.08 Å². The summed E-state index contributed by atoms with van der Waals surface area (Å²) < 4.78 is 0. The van der Waals surface area contributed by atoms with Crippen molar-refractivity contribution in [2.24, 2.45) is 0 Å². The predicted octanol–water partition coefficient (Wildman–Crippen LogP) is 1.09. The van der Waals surface area contributed by atoms with Crippen LogP contribution in [0.4, 0.5) is 4.79 Å². The van der Waals surface area contributed by atoms with Gasteiger partial charge in [0.25, 0.3) is 5.91 Å². The van der Waals surface area contributed by atoms with Crippen LogP contribution in [0.15, 0.2) is 30.0 Å². The quantitative estimate of drug-likeness (QED) is 0.637. The van der Waals surface area contributed by atoms with Crippen molar-refractivity contribution in [3.8, 4) is 0 Å². The van der Waals surface area contributed by atoms with E-state index < -0.39 is 0 Å². The molecule has 1 aromatic carbocycles. The Hall–Kier alpha value is -2.10. The highest BCUT2D eigenvalue weighted by molar-refractivity contribution is 6.14. The third-order valence-electron chi connectivity index (χ3n) is 2.66. The van der Waals surface area contributed by atoms with Gasteiger partial charge < -0.3 is 0 Å². The molecule has 1 saturated heterocycles. The van der Waals surface area contributed by atoms with Crippen LogP contribution in [0, 0.1) is 0 Å². The maximum absolute atomic E-state index is 11.4. The predicted molar refractivity (Wildman–Crippen MR) is 53.5 cm³/mol. The van der Waals surface area contributed by atoms with Gasteiger partial charge in [-0.1, -0.05) is 24.3 Å². The monoisotopic (exact) mass is 200 g/mol. The van der Waals surface area contributed by atoms with E-state index in [9.17, 15) is 9.59 Å². The van der Waals surface area contributed by atoms with Crippen molar-refractivity contribution in [1.29, 1.82) is 0 Å². The smallest absolute Gasteiger partial charge is 0.284 e. The maximum atomic E-state index is 11.4. The van der Waals surface area contributed by atoms with Gasteiger partial charge >= 0.3 is 6.03 Å². The Morgan fingerprint density at radius 2 is 2.00 bits per heavy atom. The fourth-order valence-corrected chi connectivity index (χ4v) is 1.90. The second-order valence-electron chi connectivity index (χ2n) is 3.57. The van der Waals surface area contributed by atoms with Crippen LogP contribution < -0.4 is 5.32 Å². The lowest BCUT2D eigenvalue weighted by Crippen LogP contribution is -2.28. The van der Waals surface area contributed by atoms with Crippen molar-refractivity contribution in [2.45, 2.75) is 6.54 Å². The third-order valence-corrected chi connectivity index (χ3v) is 2.66. The number of fused-ring (bicyclic) bond motifs is 2. The summed E-state index contributed by atoms with van der Waals surface area (Å²) in [7, 11) is 0. The third kappa shape index (κ3) is 1.08. The number of benzene rings is 1. The Balaban J connectivity index is 2.16. The van der Waals surface area contributed by atoms with Crippen molar-refractivity contribution < 1.29 is 9.59 Å². The molecule has 2 aliphatic rings. The lowest BCUT2D eigenvalue weighted by molar-refractivity contribution is -0.116. The Morgan fingerprint density at radius 3 is 2.87 bits per heavy atom. The summed E-state index contributed by atoms with van der Waals surface area (Å²) in [6, 6.07) is 7.41. The zero-order valence-electron chi connectivity index (χ0n) is 7.86. The largest absolute Gasteiger partial charge is 0.329 e. The van der Waals surface area contributed by atoms with Gasteiger partial charge in [-0.3, -0.25) is 15.0 Å². The molecule has 15 heavy (non-hydrogen) atoms. The van der Waals surface area contributed by atoms with Gasteiger partial charge in [0.2, 0.25) is 0 Å². The van der Waals surface area contributed by atoms with E-state index >= 15 is 0 Å². The van der Waals surface area contributed by atoms with Gasteiger partial charge in [0.05, 0.1) is 6.54 Å². The molecule has 3 amide bonds. The van der Waals surface area contributed by atoms with E-state index in [0.717, 1.165) is 11.1 Å². The summed E-state index contributed by atoms with van der Waals surface area (Å²) in [5.41, 5.74) is 2.51. The number of carbonyl (C=O) groups excluding carboxylic acids is 2. The summed E-state index contributed by atoms with van der Waals surface area (Å²) in [4.78, 5) is 24.2. The Labute approximate surface area is 86.2 Å². The number of urea groups is 1. The van der Waals surface area contributed by atoms with Crippen LogP contribution >= 0.6 is 0 Å². The highest BCUT2D eigenvalue weighted by Gasteiger charge is 2.35. The van der Waals surface area contributed by atoms with Gasteiger partial charge in [-0.05, 0) is 17.2 Å². The molecular weight excluding hydrogens is 192 g/mol. The van der Waals surface area contributed by atoms with Crippen LogP contribution in [0.25, 0.3) is 6.08 Å². The topological polar surface area (TPSA) is 49.4 Å². The van der Waals surface area contributed by atoms with E-state index in [1.807, 2.05) is 24.3 Å². The molecule has 3 rings (SSSR count). The molecule has 0 bridgehead atoms. The van der Waals surface area contributed by atoms with Crippen molar-refractivity contribution in [3.05, 3.63) is 41.1 Å². The molecule has 0 atom stereocenters. The SMILES string of the molecule is O=C1NC(=O)N2Cc3ccccc3C=C12. The van der Waals surface area contributed by atoms with Crippen LogP contribution in [0.1, 0.15) is 11.1 Å². The minimum atomic E-state index is -0.333. The van der Waals surface area contributed by atoms with Crippen LogP contribution in [0.3, 0.4) is 0 Å². The number of hydrogen-bond donors (Lipinski definition) is 1. The van der Waals surface area contributed by atoms with Gasteiger partial charge in [-0.15, -0.1) is 0 Å². The van der Waals surface area contributed by atoms with Crippen LogP contribution in [0.2, 0.25) is 0 Å². The van der Waals surface area contributed by atoms with Gasteiger partial charge in [0.1, 0.15) is 5.70 Å². The first kappa shape index (κ1) is 8.23. The molecule has 2 aliphatic heterocycles. The lowest BCUT2D eigenvalue weighted by atomic mass is 10.0. The van der Waals surface area contributed by atoms with Gasteiger partial charge in [0.15, 0.2) is 0 Å². The first-order valence-corrected chi connectivity index (χ1v) is 4.68. The first-order valence-electron chi connectivity index (χ1n) is 4.68. The summed E-state index contributed by atoms with van der Waals surface area (Å²) in [5, 5.41) is 2.27. The Bertz CT molecular complexity index is 505. The van der Waals surface area contributed by atoms with Crippen molar-refractivity contribution in [2.75, 3.05) is 0 Å². The standard InChI is InChI=1S/C11H8N2O2/c14-10-9-5-7-3-1-2-4-8(7)6-13(9)11(15)12-10/h1-5H,6H2,(H,12,14,15). The van der Waals surface area contributed by atoms with Crippen molar-refractivity contribution in [3.63, 3.8) is 0 Å². The minimum Gasteiger partial charge on any atom is -0.284 e. The van der Waals surface area contributed by atoms with Crippen molar-refractivity contribution >= 4 is 18.0 Å². The molecule has 1 N–H and O–H groups in total. The average Bonchev–Trinajstić information content (AvgIpc) is 2.52. The zero-order valence-corrected chi connectivity index (χ0v) is 7.86. The number of carbonyl (C=O) groups is 2. The molecule has 0 unspecified atom stereocenters. The maximum Gasteiger partial charge on any atom is 0.329 e. The highest BCUT2D eigenvalue weighted by atomic mass is 16.2. The second-order valence-corrected chi connectivity index (χ2v) is 3.57. The molecule has 74 valence electrons. The molecule has 2 heterocycles. The first-order chi connectivity index (χ1) is 7.25. The van der Waals surface area contributed by atoms with E-state index in [-0.39, 0.29) is 11.9 Å². The van der Waals surface area contributed by atoms with E-state index in [0.29, 0.717) is 12.2 Å². The number of amides is 3. The van der Waals surface area contributed by atoms with E-state index in [1.165, 1.54) is 4.90 Å². The number of hydrogen-bond acceptors (Lipinski definition) is 2. The van der Waals surface area contributed by atoms with Crippen LogP contribution in [-0.2, 0) is 11.3 Å². The molecule has 0 saturated carbocycles. The number of nitrogens with zero attached hydrogens (tertiary/aromatic N) is 1. The molecule has 0 spiro atoms. The zero-order chi connectivity index (χ0) is 10.4. The minimum absolute atomic E-state index is 0.311. The summed E-state index contributed by atoms with van der Waals surface area (Å²) in [6.45, 7) is 0.472. The molecule has 0 aliphatic carbocycles. The Kier molecular flexibility index (Phi) is 1.48. The molecule has 1 aromatic rings. The summed E-state index contributed by atoms with van der Waals surface area (Å²) >= 11 is 0. The van der Waals surface area contributed by atoms with Gasteiger partial charge in [0, 0.05) is 0 Å². The van der Waals surface area contributed by atoms with E-state index in [4.69, 9.17) is 0 Å². The summed E-state index contributed by atoms with van der Waals surface area (Å²) in [5.74, 6) is -0.311. The van der Waals surface area contributed by atoms with Crippen LogP contribution in [0.5, 0.6) is 0 Å². The van der Waals surface area contributed by atoms with Crippen LogP contribution in [-0.4, -0.2) is 16.8 Å². The number of nitrogens with one attached hydrogen (secondary N) is 1. The molecular formula is C11H8N2O2. The molecule has 0 radical (unpaired) electrons. The average molecular weight is 200 g/mol. The number of imide groups is 1.